The lowest BCUT2D eigenvalue weighted by Gasteiger charge is -2.10. The summed E-state index contributed by atoms with van der Waals surface area (Å²) in [5.41, 5.74) is 8.78. The summed E-state index contributed by atoms with van der Waals surface area (Å²) in [6.45, 7) is 0.636. The standard InChI is InChI=1S/C16H13BrClNO2/c17-11-1-2-13(14(19)8-11)15(20)7-10-6-12(18)5-9-3-4-21-16(9)10/h1-2,5-6,8H,3-4,7,19H2. The number of anilines is 1. The minimum Gasteiger partial charge on any atom is -0.493 e. The highest BCUT2D eigenvalue weighted by Gasteiger charge is 2.20. The van der Waals surface area contributed by atoms with Crippen molar-refractivity contribution in [3.8, 4) is 5.75 Å². The van der Waals surface area contributed by atoms with E-state index in [0.717, 1.165) is 27.8 Å². The number of ketones is 1. The second-order valence-corrected chi connectivity index (χ2v) is 6.34. The maximum Gasteiger partial charge on any atom is 0.169 e. The lowest BCUT2D eigenvalue weighted by molar-refractivity contribution is 0.0993. The summed E-state index contributed by atoms with van der Waals surface area (Å²) in [4.78, 5) is 12.5. The van der Waals surface area contributed by atoms with E-state index in [0.29, 0.717) is 22.9 Å². The highest BCUT2D eigenvalue weighted by molar-refractivity contribution is 9.10. The number of benzene rings is 2. The van der Waals surface area contributed by atoms with E-state index in [9.17, 15) is 4.79 Å². The number of Topliss-reactive ketones (excluding diaryl/α,β-unsaturated/α-hetero) is 1. The molecular formula is C16H13BrClNO2. The van der Waals surface area contributed by atoms with Crippen LogP contribution in [0.1, 0.15) is 21.5 Å². The minimum absolute atomic E-state index is 0.0417. The molecule has 0 saturated heterocycles. The number of nitrogens with two attached hydrogens (primary N) is 1. The molecular weight excluding hydrogens is 354 g/mol. The minimum atomic E-state index is -0.0417. The Morgan fingerprint density at radius 1 is 1.33 bits per heavy atom. The molecule has 3 nitrogen and oxygen atoms in total. The molecule has 0 aromatic heterocycles. The van der Waals surface area contributed by atoms with Gasteiger partial charge in [-0.1, -0.05) is 27.5 Å². The van der Waals surface area contributed by atoms with E-state index in [1.54, 1.807) is 18.2 Å². The fraction of sp³-hybridized carbons (Fsp3) is 0.188. The van der Waals surface area contributed by atoms with Gasteiger partial charge in [0.2, 0.25) is 0 Å². The molecule has 21 heavy (non-hydrogen) atoms. The number of fused-ring (bicyclic) bond motifs is 1. The summed E-state index contributed by atoms with van der Waals surface area (Å²) in [5.74, 6) is 0.753. The van der Waals surface area contributed by atoms with Gasteiger partial charge in [-0.25, -0.2) is 0 Å². The Labute approximate surface area is 136 Å². The van der Waals surface area contributed by atoms with Gasteiger partial charge in [-0.2, -0.15) is 0 Å². The van der Waals surface area contributed by atoms with Gasteiger partial charge in [-0.05, 0) is 35.9 Å². The number of ether oxygens (including phenoxy) is 1. The number of halogens is 2. The van der Waals surface area contributed by atoms with Crippen LogP contribution in [0, 0.1) is 0 Å². The van der Waals surface area contributed by atoms with Gasteiger partial charge in [0.15, 0.2) is 5.78 Å². The van der Waals surface area contributed by atoms with Crippen molar-refractivity contribution < 1.29 is 9.53 Å². The van der Waals surface area contributed by atoms with Crippen LogP contribution in [0.25, 0.3) is 0 Å². The lowest BCUT2D eigenvalue weighted by atomic mass is 9.99. The van der Waals surface area contributed by atoms with E-state index in [1.165, 1.54) is 0 Å². The third-order valence-electron chi connectivity index (χ3n) is 3.49. The molecule has 2 aromatic carbocycles. The maximum absolute atomic E-state index is 12.5. The second-order valence-electron chi connectivity index (χ2n) is 4.98. The molecule has 0 spiro atoms. The van der Waals surface area contributed by atoms with Crippen LogP contribution in [0.5, 0.6) is 5.75 Å². The van der Waals surface area contributed by atoms with Gasteiger partial charge in [0.1, 0.15) is 5.75 Å². The van der Waals surface area contributed by atoms with Crippen molar-refractivity contribution in [3.05, 3.63) is 56.5 Å². The first kappa shape index (κ1) is 14.4. The highest BCUT2D eigenvalue weighted by Crippen LogP contribution is 2.34. The van der Waals surface area contributed by atoms with E-state index in [2.05, 4.69) is 15.9 Å². The third-order valence-corrected chi connectivity index (χ3v) is 4.20. The first-order valence-corrected chi connectivity index (χ1v) is 7.74. The van der Waals surface area contributed by atoms with Crippen molar-refractivity contribution in [2.24, 2.45) is 0 Å². The molecule has 0 unspecified atom stereocenters. The first-order valence-electron chi connectivity index (χ1n) is 6.57. The molecule has 0 bridgehead atoms. The predicted octanol–water partition coefficient (Wildman–Crippen LogP) is 4.05. The van der Waals surface area contributed by atoms with Crippen LogP contribution in [-0.4, -0.2) is 12.4 Å². The van der Waals surface area contributed by atoms with Crippen LogP contribution >= 0.6 is 27.5 Å². The zero-order valence-electron chi connectivity index (χ0n) is 11.2. The smallest absolute Gasteiger partial charge is 0.169 e. The molecule has 0 amide bonds. The molecule has 2 N–H and O–H groups in total. The summed E-state index contributed by atoms with van der Waals surface area (Å²) in [6.07, 6.45) is 1.06. The third kappa shape index (κ3) is 2.92. The van der Waals surface area contributed by atoms with Crippen molar-refractivity contribution in [2.75, 3.05) is 12.3 Å². The number of carbonyl (C=O) groups is 1. The zero-order valence-corrected chi connectivity index (χ0v) is 13.5. The molecule has 108 valence electrons. The van der Waals surface area contributed by atoms with Crippen molar-refractivity contribution in [3.63, 3.8) is 0 Å². The molecule has 0 fully saturated rings. The fourth-order valence-electron chi connectivity index (χ4n) is 2.53. The van der Waals surface area contributed by atoms with Crippen LogP contribution in [0.15, 0.2) is 34.8 Å². The summed E-state index contributed by atoms with van der Waals surface area (Å²) in [5, 5.41) is 0.630. The van der Waals surface area contributed by atoms with Crippen LogP contribution in [-0.2, 0) is 12.8 Å². The monoisotopic (exact) mass is 365 g/mol. The van der Waals surface area contributed by atoms with Gasteiger partial charge in [0.05, 0.1) is 6.61 Å². The average molecular weight is 367 g/mol. The largest absolute Gasteiger partial charge is 0.493 e. The fourth-order valence-corrected chi connectivity index (χ4v) is 3.18. The highest BCUT2D eigenvalue weighted by atomic mass is 79.9. The molecule has 0 saturated carbocycles. The molecule has 2 aromatic rings. The maximum atomic E-state index is 12.5. The van der Waals surface area contributed by atoms with Crippen LogP contribution in [0.2, 0.25) is 5.02 Å². The molecule has 1 aliphatic rings. The van der Waals surface area contributed by atoms with E-state index >= 15 is 0 Å². The van der Waals surface area contributed by atoms with E-state index in [4.69, 9.17) is 22.1 Å². The molecule has 0 atom stereocenters. The summed E-state index contributed by atoms with van der Waals surface area (Å²) in [6, 6.07) is 8.95. The average Bonchev–Trinajstić information content (AvgIpc) is 2.86. The summed E-state index contributed by atoms with van der Waals surface area (Å²) in [7, 11) is 0. The van der Waals surface area contributed by atoms with Gasteiger partial charge in [0, 0.05) is 39.2 Å². The van der Waals surface area contributed by atoms with Gasteiger partial charge >= 0.3 is 0 Å². The molecule has 3 rings (SSSR count). The van der Waals surface area contributed by atoms with Crippen molar-refractivity contribution in [1.82, 2.24) is 0 Å². The molecule has 0 aliphatic carbocycles. The number of nitrogen functional groups attached to an aromatic ring is 1. The van der Waals surface area contributed by atoms with Gasteiger partial charge in [-0.15, -0.1) is 0 Å². The Kier molecular flexibility index (Phi) is 3.91. The van der Waals surface area contributed by atoms with E-state index in [-0.39, 0.29) is 12.2 Å². The number of hydrogen-bond acceptors (Lipinski definition) is 3. The molecule has 1 heterocycles. The topological polar surface area (TPSA) is 52.3 Å². The Morgan fingerprint density at radius 3 is 2.90 bits per heavy atom. The van der Waals surface area contributed by atoms with Gasteiger partial charge in [0.25, 0.3) is 0 Å². The zero-order chi connectivity index (χ0) is 15.0. The van der Waals surface area contributed by atoms with Crippen LogP contribution in [0.3, 0.4) is 0 Å². The van der Waals surface area contributed by atoms with Gasteiger partial charge < -0.3 is 10.5 Å². The Bertz CT molecular complexity index is 730. The van der Waals surface area contributed by atoms with E-state index < -0.39 is 0 Å². The van der Waals surface area contributed by atoms with Crippen LogP contribution < -0.4 is 10.5 Å². The summed E-state index contributed by atoms with van der Waals surface area (Å²) >= 11 is 9.45. The predicted molar refractivity (Wildman–Crippen MR) is 87.2 cm³/mol. The number of carbonyl (C=O) groups excluding carboxylic acids is 1. The number of rotatable bonds is 3. The Hall–Kier alpha value is -1.52. The Balaban J connectivity index is 1.92. The summed E-state index contributed by atoms with van der Waals surface area (Å²) < 4.78 is 6.47. The molecule has 1 aliphatic heterocycles. The normalized spacial score (nSPS) is 12.9. The molecule has 0 radical (unpaired) electrons. The quantitative estimate of drug-likeness (QED) is 0.659. The second kappa shape index (κ2) is 5.70. The first-order chi connectivity index (χ1) is 10.0. The molecule has 5 heteroatoms. The Morgan fingerprint density at radius 2 is 2.14 bits per heavy atom. The van der Waals surface area contributed by atoms with E-state index in [1.807, 2.05) is 12.1 Å². The SMILES string of the molecule is Nc1cc(Br)ccc1C(=O)Cc1cc(Cl)cc2c1OCC2. The van der Waals surface area contributed by atoms with Crippen LogP contribution in [0.4, 0.5) is 5.69 Å². The van der Waals surface area contributed by atoms with Gasteiger partial charge in [-0.3, -0.25) is 4.79 Å². The van der Waals surface area contributed by atoms with Crippen molar-refractivity contribution in [1.29, 1.82) is 0 Å². The number of hydrogen-bond donors (Lipinski definition) is 1. The van der Waals surface area contributed by atoms with Crippen molar-refractivity contribution in [2.45, 2.75) is 12.8 Å². The van der Waals surface area contributed by atoms with Crippen molar-refractivity contribution >= 4 is 39.0 Å². The lowest BCUT2D eigenvalue weighted by Crippen LogP contribution is -2.08.